The summed E-state index contributed by atoms with van der Waals surface area (Å²) in [6.45, 7) is 4.29. The first-order valence-corrected chi connectivity index (χ1v) is 9.62. The van der Waals surface area contributed by atoms with E-state index in [1.807, 2.05) is 0 Å². The summed E-state index contributed by atoms with van der Waals surface area (Å²) in [5.74, 6) is 0. The number of hydrogen-bond acceptors (Lipinski definition) is 0. The van der Waals surface area contributed by atoms with E-state index in [2.05, 4.69) is 99.0 Å². The predicted octanol–water partition coefficient (Wildman–Crippen LogP) is 6.21. The van der Waals surface area contributed by atoms with E-state index in [0.29, 0.717) is 0 Å². The molecule has 0 nitrogen and oxygen atoms in total. The zero-order valence-electron chi connectivity index (χ0n) is 13.4. The lowest BCUT2D eigenvalue weighted by Gasteiger charge is -2.37. The van der Waals surface area contributed by atoms with E-state index in [0.717, 1.165) is 0 Å². The van der Waals surface area contributed by atoms with Crippen molar-refractivity contribution < 1.29 is 0 Å². The van der Waals surface area contributed by atoms with Gasteiger partial charge >= 0.3 is 0 Å². The van der Waals surface area contributed by atoms with E-state index in [4.69, 9.17) is 0 Å². The second-order valence-corrected chi connectivity index (χ2v) is 9.11. The lowest BCUT2D eigenvalue weighted by atomic mass is 10.2. The molecule has 0 aromatic heterocycles. The largest absolute Gasteiger partial charge is 0.163 e. The van der Waals surface area contributed by atoms with Crippen molar-refractivity contribution in [3.8, 4) is 0 Å². The van der Waals surface area contributed by atoms with E-state index in [9.17, 15) is 0 Å². The Labute approximate surface area is 135 Å². The number of aryl methyl sites for hydroxylation is 2. The van der Waals surface area contributed by atoms with Crippen LogP contribution in [0.2, 0.25) is 0 Å². The Bertz CT molecular complexity index is 695. The number of benzene rings is 3. The fourth-order valence-electron chi connectivity index (χ4n) is 2.72. The van der Waals surface area contributed by atoms with Crippen molar-refractivity contribution in [2.75, 3.05) is 6.26 Å². The minimum Gasteiger partial charge on any atom is -0.163 e. The zero-order valence-corrected chi connectivity index (χ0v) is 14.2. The van der Waals surface area contributed by atoms with E-state index >= 15 is 0 Å². The maximum Gasteiger partial charge on any atom is -0.00210 e. The second-order valence-electron chi connectivity index (χ2n) is 5.86. The van der Waals surface area contributed by atoms with Crippen LogP contribution in [0, 0.1) is 13.8 Å². The summed E-state index contributed by atoms with van der Waals surface area (Å²) in [5.41, 5.74) is 2.62. The molecule has 0 aliphatic rings. The van der Waals surface area contributed by atoms with Gasteiger partial charge in [-0.3, -0.25) is 0 Å². The van der Waals surface area contributed by atoms with Gasteiger partial charge in [0.15, 0.2) is 0 Å². The summed E-state index contributed by atoms with van der Waals surface area (Å²) in [6, 6.07) is 28.9. The maximum atomic E-state index is 2.40. The van der Waals surface area contributed by atoms with Crippen molar-refractivity contribution in [1.29, 1.82) is 0 Å². The van der Waals surface area contributed by atoms with E-state index in [1.165, 1.54) is 25.8 Å². The fraction of sp³-hybridized carbons (Fsp3) is 0.143. The third-order valence-electron chi connectivity index (χ3n) is 4.20. The third kappa shape index (κ3) is 2.69. The first-order chi connectivity index (χ1) is 10.6. The van der Waals surface area contributed by atoms with Crippen molar-refractivity contribution in [3.05, 3.63) is 90.0 Å². The molecule has 0 aliphatic carbocycles. The Kier molecular flexibility index (Phi) is 4.08. The minimum atomic E-state index is -1.21. The average molecular weight is 306 g/mol. The van der Waals surface area contributed by atoms with Crippen LogP contribution in [-0.2, 0) is 0 Å². The lowest BCUT2D eigenvalue weighted by Crippen LogP contribution is -2.01. The highest BCUT2D eigenvalue weighted by Crippen LogP contribution is 2.65. The Morgan fingerprint density at radius 3 is 1.27 bits per heavy atom. The Morgan fingerprint density at radius 1 is 0.500 bits per heavy atom. The molecule has 0 saturated heterocycles. The molecule has 0 bridgehead atoms. The van der Waals surface area contributed by atoms with Crippen molar-refractivity contribution in [3.63, 3.8) is 0 Å². The van der Waals surface area contributed by atoms with Gasteiger partial charge in [-0.15, -0.1) is 0 Å². The van der Waals surface area contributed by atoms with Crippen LogP contribution in [0.4, 0.5) is 0 Å². The summed E-state index contributed by atoms with van der Waals surface area (Å²) in [4.78, 5) is 4.23. The minimum absolute atomic E-state index is 1.21. The molecule has 1 heteroatoms. The highest BCUT2D eigenvalue weighted by atomic mass is 32.3. The van der Waals surface area contributed by atoms with Gasteiger partial charge in [0, 0.05) is 0 Å². The molecule has 22 heavy (non-hydrogen) atoms. The Hall–Kier alpha value is -1.99. The number of rotatable bonds is 3. The van der Waals surface area contributed by atoms with Crippen LogP contribution < -0.4 is 0 Å². The molecule has 0 amide bonds. The molecule has 0 heterocycles. The monoisotopic (exact) mass is 306 g/mol. The Morgan fingerprint density at radius 2 is 0.864 bits per heavy atom. The molecule has 3 rings (SSSR count). The van der Waals surface area contributed by atoms with Crippen LogP contribution in [0.5, 0.6) is 0 Å². The van der Waals surface area contributed by atoms with Gasteiger partial charge in [-0.1, -0.05) is 53.6 Å². The SMILES string of the molecule is Cc1ccc(S(C)(c2ccccc2)c2ccc(C)cc2)cc1. The first-order valence-electron chi connectivity index (χ1n) is 7.57. The number of hydrogen-bond donors (Lipinski definition) is 0. The van der Waals surface area contributed by atoms with E-state index in [-0.39, 0.29) is 0 Å². The maximum absolute atomic E-state index is 2.40. The van der Waals surface area contributed by atoms with Gasteiger partial charge in [0.25, 0.3) is 0 Å². The second kappa shape index (κ2) is 6.02. The van der Waals surface area contributed by atoms with Crippen molar-refractivity contribution in [2.24, 2.45) is 0 Å². The molecular weight excluding hydrogens is 284 g/mol. The molecule has 0 fully saturated rings. The van der Waals surface area contributed by atoms with Gasteiger partial charge in [-0.05, 0) is 71.2 Å². The van der Waals surface area contributed by atoms with Crippen LogP contribution >= 0.6 is 10.0 Å². The molecule has 3 aromatic rings. The van der Waals surface area contributed by atoms with Crippen molar-refractivity contribution in [1.82, 2.24) is 0 Å². The smallest absolute Gasteiger partial charge is 0.00210 e. The van der Waals surface area contributed by atoms with Crippen LogP contribution in [-0.4, -0.2) is 6.26 Å². The highest BCUT2D eigenvalue weighted by molar-refractivity contribution is 8.33. The normalized spacial score (nSPS) is 12.1. The summed E-state index contributed by atoms with van der Waals surface area (Å²) < 4.78 is 0. The van der Waals surface area contributed by atoms with Crippen molar-refractivity contribution in [2.45, 2.75) is 28.5 Å². The predicted molar refractivity (Wildman–Crippen MR) is 97.1 cm³/mol. The van der Waals surface area contributed by atoms with Crippen LogP contribution in [0.15, 0.2) is 93.5 Å². The zero-order chi connectivity index (χ0) is 15.6. The molecule has 0 spiro atoms. The third-order valence-corrected chi connectivity index (χ3v) is 7.84. The van der Waals surface area contributed by atoms with Crippen LogP contribution in [0.25, 0.3) is 0 Å². The molecule has 0 saturated carbocycles. The molecule has 0 radical (unpaired) electrons. The quantitative estimate of drug-likeness (QED) is 0.539. The lowest BCUT2D eigenvalue weighted by molar-refractivity contribution is 1.27. The standard InChI is InChI=1S/C21H22S/c1-17-9-13-20(14-10-17)22(3,19-7-5-4-6-8-19)21-15-11-18(2)12-16-21/h4-16H,1-3H3. The molecule has 0 aliphatic heterocycles. The van der Waals surface area contributed by atoms with Gasteiger partial charge in [-0.2, -0.15) is 10.0 Å². The van der Waals surface area contributed by atoms with Crippen molar-refractivity contribution >= 4 is 10.0 Å². The highest BCUT2D eigenvalue weighted by Gasteiger charge is 2.25. The van der Waals surface area contributed by atoms with Gasteiger partial charge in [0.2, 0.25) is 0 Å². The summed E-state index contributed by atoms with van der Waals surface area (Å²) in [7, 11) is -1.21. The van der Waals surface area contributed by atoms with E-state index < -0.39 is 10.0 Å². The fourth-order valence-corrected chi connectivity index (χ4v) is 5.60. The molecule has 3 aromatic carbocycles. The molecule has 0 N–H and O–H groups in total. The topological polar surface area (TPSA) is 0 Å². The average Bonchev–Trinajstić information content (AvgIpc) is 2.56. The first kappa shape index (κ1) is 14.9. The van der Waals surface area contributed by atoms with Crippen LogP contribution in [0.3, 0.4) is 0 Å². The van der Waals surface area contributed by atoms with Gasteiger partial charge < -0.3 is 0 Å². The Balaban J connectivity index is 2.22. The summed E-state index contributed by atoms with van der Waals surface area (Å²) in [6.07, 6.45) is 2.40. The van der Waals surface area contributed by atoms with Crippen LogP contribution in [0.1, 0.15) is 11.1 Å². The molecule has 0 atom stereocenters. The summed E-state index contributed by atoms with van der Waals surface area (Å²) >= 11 is 0. The van der Waals surface area contributed by atoms with E-state index in [1.54, 1.807) is 0 Å². The van der Waals surface area contributed by atoms with Gasteiger partial charge in [-0.25, -0.2) is 0 Å². The summed E-state index contributed by atoms with van der Waals surface area (Å²) in [5, 5.41) is 0. The molecule has 112 valence electrons. The molecule has 0 unspecified atom stereocenters. The molecular formula is C21H22S. The van der Waals surface area contributed by atoms with Gasteiger partial charge in [0.05, 0.1) is 0 Å². The van der Waals surface area contributed by atoms with Gasteiger partial charge in [0.1, 0.15) is 0 Å².